The summed E-state index contributed by atoms with van der Waals surface area (Å²) in [5, 5.41) is 2.57. The van der Waals surface area contributed by atoms with E-state index in [9.17, 15) is 14.4 Å². The molecule has 0 aliphatic rings. The first-order valence-electron chi connectivity index (χ1n) is 6.81. The fraction of sp³-hybridized carbons (Fsp3) is 0.312. The zero-order valence-corrected chi connectivity index (χ0v) is 12.9. The van der Waals surface area contributed by atoms with Gasteiger partial charge in [0.05, 0.1) is 0 Å². The van der Waals surface area contributed by atoms with Crippen molar-refractivity contribution in [3.05, 3.63) is 41.5 Å². The van der Waals surface area contributed by atoms with Crippen molar-refractivity contribution in [1.82, 2.24) is 5.32 Å². The molecule has 1 rings (SSSR count). The largest absolute Gasteiger partial charge is 0.427 e. The zero-order chi connectivity index (χ0) is 16.7. The summed E-state index contributed by atoms with van der Waals surface area (Å²) < 4.78 is 4.92. The van der Waals surface area contributed by atoms with Crippen LogP contribution in [-0.2, 0) is 9.59 Å². The molecule has 0 aromatic heterocycles. The fourth-order valence-corrected chi connectivity index (χ4v) is 1.71. The van der Waals surface area contributed by atoms with Gasteiger partial charge in [0.15, 0.2) is 0 Å². The van der Waals surface area contributed by atoms with Crippen LogP contribution in [-0.4, -0.2) is 23.8 Å². The summed E-state index contributed by atoms with van der Waals surface area (Å²) in [4.78, 5) is 34.5. The van der Waals surface area contributed by atoms with Crippen molar-refractivity contribution in [2.24, 2.45) is 5.73 Å². The second-order valence-corrected chi connectivity index (χ2v) is 5.07. The summed E-state index contributed by atoms with van der Waals surface area (Å²) in [6.45, 7) is 5.06. The molecule has 2 amide bonds. The van der Waals surface area contributed by atoms with Crippen LogP contribution in [0.2, 0.25) is 0 Å². The number of nitrogens with two attached hydrogens (primary N) is 1. The Hall–Kier alpha value is -2.63. The SMILES string of the molecule is CC(=O)Oc1cccc(C(=O)N[C@@H](CC=C(C)C)C(N)=O)c1. The molecule has 1 aromatic rings. The van der Waals surface area contributed by atoms with E-state index in [0.717, 1.165) is 5.57 Å². The Bertz CT molecular complexity index is 604. The summed E-state index contributed by atoms with van der Waals surface area (Å²) in [6, 6.07) is 5.34. The molecular weight excluding hydrogens is 284 g/mol. The molecule has 0 fully saturated rings. The Morgan fingerprint density at radius 3 is 2.50 bits per heavy atom. The summed E-state index contributed by atoms with van der Waals surface area (Å²) in [5.41, 5.74) is 6.60. The van der Waals surface area contributed by atoms with Crippen molar-refractivity contribution in [3.8, 4) is 5.75 Å². The zero-order valence-electron chi connectivity index (χ0n) is 12.9. The quantitative estimate of drug-likeness (QED) is 0.473. The lowest BCUT2D eigenvalue weighted by molar-refractivity contribution is -0.131. The Kier molecular flexibility index (Phi) is 6.31. The second kappa shape index (κ2) is 7.97. The summed E-state index contributed by atoms with van der Waals surface area (Å²) in [5.74, 6) is -1.28. The van der Waals surface area contributed by atoms with Gasteiger partial charge >= 0.3 is 5.97 Å². The van der Waals surface area contributed by atoms with Gasteiger partial charge in [-0.3, -0.25) is 14.4 Å². The molecule has 0 aliphatic carbocycles. The molecule has 0 unspecified atom stereocenters. The number of benzene rings is 1. The maximum atomic E-state index is 12.2. The number of primary amides is 1. The fourth-order valence-electron chi connectivity index (χ4n) is 1.71. The Morgan fingerprint density at radius 1 is 1.27 bits per heavy atom. The predicted molar refractivity (Wildman–Crippen MR) is 82.2 cm³/mol. The molecular formula is C16H20N2O4. The average molecular weight is 304 g/mol. The number of hydrogen-bond donors (Lipinski definition) is 2. The van der Waals surface area contributed by atoms with Crippen LogP contribution in [0.25, 0.3) is 0 Å². The number of hydrogen-bond acceptors (Lipinski definition) is 4. The van der Waals surface area contributed by atoms with Gasteiger partial charge < -0.3 is 15.8 Å². The van der Waals surface area contributed by atoms with E-state index in [2.05, 4.69) is 5.32 Å². The Labute approximate surface area is 129 Å². The average Bonchev–Trinajstić information content (AvgIpc) is 2.42. The summed E-state index contributed by atoms with van der Waals surface area (Å²) in [7, 11) is 0. The highest BCUT2D eigenvalue weighted by atomic mass is 16.5. The van der Waals surface area contributed by atoms with E-state index in [4.69, 9.17) is 10.5 Å². The number of rotatable bonds is 6. The van der Waals surface area contributed by atoms with Crippen LogP contribution in [0.1, 0.15) is 37.6 Å². The maximum Gasteiger partial charge on any atom is 0.308 e. The summed E-state index contributed by atoms with van der Waals surface area (Å²) >= 11 is 0. The topological polar surface area (TPSA) is 98.5 Å². The monoisotopic (exact) mass is 304 g/mol. The molecule has 1 atom stereocenters. The third kappa shape index (κ3) is 5.78. The van der Waals surface area contributed by atoms with Gasteiger partial charge in [0.25, 0.3) is 5.91 Å². The first-order valence-corrected chi connectivity index (χ1v) is 6.81. The van der Waals surface area contributed by atoms with E-state index in [1.54, 1.807) is 18.2 Å². The highest BCUT2D eigenvalue weighted by Crippen LogP contribution is 2.14. The van der Waals surface area contributed by atoms with Crippen molar-refractivity contribution in [3.63, 3.8) is 0 Å². The van der Waals surface area contributed by atoms with Crippen LogP contribution in [0.4, 0.5) is 0 Å². The molecule has 0 radical (unpaired) electrons. The first-order chi connectivity index (χ1) is 10.3. The van der Waals surface area contributed by atoms with E-state index in [1.165, 1.54) is 13.0 Å². The van der Waals surface area contributed by atoms with Crippen LogP contribution in [0, 0.1) is 0 Å². The Morgan fingerprint density at radius 2 is 1.95 bits per heavy atom. The van der Waals surface area contributed by atoms with Crippen molar-refractivity contribution < 1.29 is 19.1 Å². The number of amides is 2. The third-order valence-corrected chi connectivity index (χ3v) is 2.77. The number of carbonyl (C=O) groups excluding carboxylic acids is 3. The van der Waals surface area contributed by atoms with Gasteiger partial charge in [-0.05, 0) is 38.5 Å². The minimum atomic E-state index is -0.792. The number of esters is 1. The van der Waals surface area contributed by atoms with Gasteiger partial charge in [0.1, 0.15) is 11.8 Å². The molecule has 118 valence electrons. The Balaban J connectivity index is 2.83. The molecule has 6 heteroatoms. The van der Waals surface area contributed by atoms with Crippen LogP contribution in [0.3, 0.4) is 0 Å². The standard InChI is InChI=1S/C16H20N2O4/c1-10(2)7-8-14(15(17)20)18-16(21)12-5-4-6-13(9-12)22-11(3)19/h4-7,9,14H,8H2,1-3H3,(H2,17,20)(H,18,21)/t14-/m0/s1. The molecule has 0 bridgehead atoms. The van der Waals surface area contributed by atoms with Crippen LogP contribution in [0.5, 0.6) is 5.75 Å². The van der Waals surface area contributed by atoms with Crippen LogP contribution in [0.15, 0.2) is 35.9 Å². The highest BCUT2D eigenvalue weighted by Gasteiger charge is 2.18. The number of carbonyl (C=O) groups is 3. The number of ether oxygens (including phenoxy) is 1. The van der Waals surface area contributed by atoms with Crippen molar-refractivity contribution in [1.29, 1.82) is 0 Å². The van der Waals surface area contributed by atoms with Gasteiger partial charge in [-0.1, -0.05) is 17.7 Å². The van der Waals surface area contributed by atoms with E-state index in [1.807, 2.05) is 19.9 Å². The molecule has 0 saturated carbocycles. The molecule has 0 saturated heterocycles. The van der Waals surface area contributed by atoms with Crippen LogP contribution < -0.4 is 15.8 Å². The van der Waals surface area contributed by atoms with E-state index in [0.29, 0.717) is 6.42 Å². The van der Waals surface area contributed by atoms with Gasteiger partial charge in [-0.25, -0.2) is 0 Å². The third-order valence-electron chi connectivity index (χ3n) is 2.77. The number of nitrogens with one attached hydrogen (secondary N) is 1. The highest BCUT2D eigenvalue weighted by molar-refractivity contribution is 5.97. The molecule has 0 heterocycles. The lowest BCUT2D eigenvalue weighted by Gasteiger charge is -2.14. The minimum Gasteiger partial charge on any atom is -0.427 e. The van der Waals surface area contributed by atoms with Gasteiger partial charge in [-0.15, -0.1) is 0 Å². The van der Waals surface area contributed by atoms with Crippen LogP contribution >= 0.6 is 0 Å². The normalized spacial score (nSPS) is 11.2. The maximum absolute atomic E-state index is 12.2. The minimum absolute atomic E-state index is 0.264. The smallest absolute Gasteiger partial charge is 0.308 e. The lowest BCUT2D eigenvalue weighted by atomic mass is 10.1. The summed E-state index contributed by atoms with van der Waals surface area (Å²) in [6.07, 6.45) is 2.15. The van der Waals surface area contributed by atoms with Crippen molar-refractivity contribution in [2.75, 3.05) is 0 Å². The lowest BCUT2D eigenvalue weighted by Crippen LogP contribution is -2.44. The van der Waals surface area contributed by atoms with Gasteiger partial charge in [0.2, 0.25) is 5.91 Å². The van der Waals surface area contributed by atoms with E-state index in [-0.39, 0.29) is 11.3 Å². The van der Waals surface area contributed by atoms with Gasteiger partial charge in [0, 0.05) is 12.5 Å². The molecule has 6 nitrogen and oxygen atoms in total. The van der Waals surface area contributed by atoms with Crippen molar-refractivity contribution >= 4 is 17.8 Å². The molecule has 1 aromatic carbocycles. The molecule has 0 aliphatic heterocycles. The molecule has 3 N–H and O–H groups in total. The van der Waals surface area contributed by atoms with Gasteiger partial charge in [-0.2, -0.15) is 0 Å². The molecule has 22 heavy (non-hydrogen) atoms. The first kappa shape index (κ1) is 17.4. The molecule has 0 spiro atoms. The second-order valence-electron chi connectivity index (χ2n) is 5.07. The predicted octanol–water partition coefficient (Wildman–Crippen LogP) is 1.55. The van der Waals surface area contributed by atoms with E-state index < -0.39 is 23.8 Å². The van der Waals surface area contributed by atoms with E-state index >= 15 is 0 Å². The number of allylic oxidation sites excluding steroid dienone is 1. The van der Waals surface area contributed by atoms with Crippen molar-refractivity contribution in [2.45, 2.75) is 33.2 Å².